The second-order valence-corrected chi connectivity index (χ2v) is 6.84. The number of halogens is 3. The standard InChI is InChI=1S/C12H16F3N3O2S/c13-12(14,15)10-3-4-17-11(6-10)18-5-1-2-9(7-18)8-21(16,19)20/h3-4,6,9H,1-2,5,7-8H2,(H2,16,19,20)/t9-/m1/s1. The molecular formula is C12H16F3N3O2S. The van der Waals surface area contributed by atoms with Crippen LogP contribution in [0, 0.1) is 5.92 Å². The summed E-state index contributed by atoms with van der Waals surface area (Å²) in [6.07, 6.45) is -1.93. The van der Waals surface area contributed by atoms with E-state index in [9.17, 15) is 21.6 Å². The predicted molar refractivity (Wildman–Crippen MR) is 72.2 cm³/mol. The highest BCUT2D eigenvalue weighted by atomic mass is 32.2. The fourth-order valence-electron chi connectivity index (χ4n) is 2.51. The lowest BCUT2D eigenvalue weighted by Gasteiger charge is -2.33. The number of aromatic nitrogens is 1. The van der Waals surface area contributed by atoms with Gasteiger partial charge < -0.3 is 4.90 Å². The van der Waals surface area contributed by atoms with Crippen LogP contribution in [0.4, 0.5) is 19.0 Å². The van der Waals surface area contributed by atoms with Crippen molar-refractivity contribution in [3.05, 3.63) is 23.9 Å². The van der Waals surface area contributed by atoms with Gasteiger partial charge in [-0.2, -0.15) is 13.2 Å². The van der Waals surface area contributed by atoms with Gasteiger partial charge in [0.05, 0.1) is 11.3 Å². The average molecular weight is 323 g/mol. The molecule has 0 aliphatic carbocycles. The zero-order valence-corrected chi connectivity index (χ0v) is 12.0. The molecule has 1 aromatic heterocycles. The van der Waals surface area contributed by atoms with Crippen molar-refractivity contribution in [3.63, 3.8) is 0 Å². The quantitative estimate of drug-likeness (QED) is 0.917. The Hall–Kier alpha value is -1.35. The maximum atomic E-state index is 12.7. The fourth-order valence-corrected chi connectivity index (χ4v) is 3.43. The highest BCUT2D eigenvalue weighted by Crippen LogP contribution is 2.31. The maximum Gasteiger partial charge on any atom is 0.416 e. The zero-order valence-electron chi connectivity index (χ0n) is 11.2. The minimum atomic E-state index is -4.42. The normalized spacial score (nSPS) is 20.6. The van der Waals surface area contributed by atoms with E-state index in [1.54, 1.807) is 4.90 Å². The Morgan fingerprint density at radius 2 is 2.14 bits per heavy atom. The molecule has 9 heteroatoms. The summed E-state index contributed by atoms with van der Waals surface area (Å²) in [7, 11) is -3.59. The second kappa shape index (κ2) is 5.80. The molecule has 0 saturated carbocycles. The van der Waals surface area contributed by atoms with Crippen molar-refractivity contribution in [3.8, 4) is 0 Å². The molecule has 1 aliphatic heterocycles. The van der Waals surface area contributed by atoms with Gasteiger partial charge in [-0.1, -0.05) is 0 Å². The summed E-state index contributed by atoms with van der Waals surface area (Å²) in [4.78, 5) is 5.63. The molecule has 21 heavy (non-hydrogen) atoms. The maximum absolute atomic E-state index is 12.7. The van der Waals surface area contributed by atoms with Crippen molar-refractivity contribution >= 4 is 15.8 Å². The van der Waals surface area contributed by atoms with Crippen LogP contribution in [0.5, 0.6) is 0 Å². The molecule has 2 N–H and O–H groups in total. The molecular weight excluding hydrogens is 307 g/mol. The number of anilines is 1. The smallest absolute Gasteiger partial charge is 0.356 e. The van der Waals surface area contributed by atoms with Crippen LogP contribution >= 0.6 is 0 Å². The lowest BCUT2D eigenvalue weighted by atomic mass is 10.00. The Labute approximate surface area is 121 Å². The SMILES string of the molecule is NS(=O)(=O)C[C@@H]1CCCN(c2cc(C(F)(F)F)ccn2)C1. The van der Waals surface area contributed by atoms with E-state index < -0.39 is 21.8 Å². The number of pyridine rings is 1. The molecule has 2 rings (SSSR count). The fraction of sp³-hybridized carbons (Fsp3) is 0.583. The number of primary sulfonamides is 1. The van der Waals surface area contributed by atoms with Gasteiger partial charge >= 0.3 is 6.18 Å². The molecule has 1 saturated heterocycles. The molecule has 0 unspecified atom stereocenters. The number of piperidine rings is 1. The monoisotopic (exact) mass is 323 g/mol. The Morgan fingerprint density at radius 3 is 2.76 bits per heavy atom. The number of alkyl halides is 3. The Morgan fingerprint density at radius 1 is 1.43 bits per heavy atom. The van der Waals surface area contributed by atoms with Crippen molar-refractivity contribution in [2.75, 3.05) is 23.7 Å². The zero-order chi connectivity index (χ0) is 15.7. The summed E-state index contributed by atoms with van der Waals surface area (Å²) < 4.78 is 60.3. The predicted octanol–water partition coefficient (Wildman–Crippen LogP) is 1.61. The Kier molecular flexibility index (Phi) is 4.43. The van der Waals surface area contributed by atoms with Crippen LogP contribution < -0.4 is 10.0 Å². The summed E-state index contributed by atoms with van der Waals surface area (Å²) in [5, 5.41) is 5.02. The van der Waals surface area contributed by atoms with E-state index in [1.165, 1.54) is 0 Å². The first kappa shape index (κ1) is 16.0. The molecule has 1 fully saturated rings. The third kappa shape index (κ3) is 4.57. The highest BCUT2D eigenvalue weighted by molar-refractivity contribution is 7.89. The van der Waals surface area contributed by atoms with E-state index in [1.807, 2.05) is 0 Å². The average Bonchev–Trinajstić information content (AvgIpc) is 2.36. The Balaban J connectivity index is 2.15. The highest BCUT2D eigenvalue weighted by Gasteiger charge is 2.32. The molecule has 0 amide bonds. The number of rotatable bonds is 3. The van der Waals surface area contributed by atoms with Gasteiger partial charge in [0.15, 0.2) is 0 Å². The topological polar surface area (TPSA) is 76.3 Å². The largest absolute Gasteiger partial charge is 0.416 e. The van der Waals surface area contributed by atoms with Crippen molar-refractivity contribution in [1.29, 1.82) is 0 Å². The lowest BCUT2D eigenvalue weighted by molar-refractivity contribution is -0.137. The van der Waals surface area contributed by atoms with Gasteiger partial charge in [0.1, 0.15) is 5.82 Å². The van der Waals surface area contributed by atoms with Crippen LogP contribution in [0.2, 0.25) is 0 Å². The van der Waals surface area contributed by atoms with E-state index in [0.29, 0.717) is 25.9 Å². The molecule has 2 heterocycles. The number of nitrogens with zero attached hydrogens (tertiary/aromatic N) is 2. The van der Waals surface area contributed by atoms with Gasteiger partial charge in [-0.3, -0.25) is 0 Å². The summed E-state index contributed by atoms with van der Waals surface area (Å²) in [6.45, 7) is 0.889. The lowest BCUT2D eigenvalue weighted by Crippen LogP contribution is -2.39. The third-order valence-electron chi connectivity index (χ3n) is 3.38. The van der Waals surface area contributed by atoms with Crippen molar-refractivity contribution < 1.29 is 21.6 Å². The van der Waals surface area contributed by atoms with Gasteiger partial charge in [-0.25, -0.2) is 18.5 Å². The van der Waals surface area contributed by atoms with Crippen LogP contribution in [0.25, 0.3) is 0 Å². The van der Waals surface area contributed by atoms with Crippen LogP contribution in [-0.4, -0.2) is 32.2 Å². The van der Waals surface area contributed by atoms with E-state index in [2.05, 4.69) is 4.98 Å². The Bertz CT molecular complexity index is 604. The number of hydrogen-bond donors (Lipinski definition) is 1. The van der Waals surface area contributed by atoms with Crippen molar-refractivity contribution in [2.45, 2.75) is 19.0 Å². The van der Waals surface area contributed by atoms with Gasteiger partial charge in [-0.05, 0) is 30.9 Å². The van der Waals surface area contributed by atoms with E-state index >= 15 is 0 Å². The van der Waals surface area contributed by atoms with E-state index in [-0.39, 0.29) is 17.5 Å². The first-order chi connectivity index (χ1) is 9.65. The molecule has 1 aromatic rings. The minimum absolute atomic E-state index is 0.164. The second-order valence-electron chi connectivity index (χ2n) is 5.18. The molecule has 0 radical (unpaired) electrons. The molecule has 0 aromatic carbocycles. The first-order valence-corrected chi connectivity index (χ1v) is 8.15. The van der Waals surface area contributed by atoms with Gasteiger partial charge in [0.25, 0.3) is 0 Å². The first-order valence-electron chi connectivity index (χ1n) is 6.44. The van der Waals surface area contributed by atoms with E-state index in [0.717, 1.165) is 18.3 Å². The molecule has 1 aliphatic rings. The van der Waals surface area contributed by atoms with Crippen LogP contribution in [0.1, 0.15) is 18.4 Å². The minimum Gasteiger partial charge on any atom is -0.356 e. The third-order valence-corrected chi connectivity index (χ3v) is 4.32. The van der Waals surface area contributed by atoms with Crippen LogP contribution in [0.3, 0.4) is 0 Å². The molecule has 1 atom stereocenters. The van der Waals surface area contributed by atoms with Crippen molar-refractivity contribution in [1.82, 2.24) is 4.98 Å². The van der Waals surface area contributed by atoms with Crippen molar-refractivity contribution in [2.24, 2.45) is 11.1 Å². The number of sulfonamides is 1. The summed E-state index contributed by atoms with van der Waals surface area (Å²) in [5.41, 5.74) is -0.763. The van der Waals surface area contributed by atoms with E-state index in [4.69, 9.17) is 5.14 Å². The van der Waals surface area contributed by atoms with Gasteiger partial charge in [0, 0.05) is 19.3 Å². The number of nitrogens with two attached hydrogens (primary N) is 1. The number of hydrogen-bond acceptors (Lipinski definition) is 4. The molecule has 5 nitrogen and oxygen atoms in total. The molecule has 0 bridgehead atoms. The summed E-state index contributed by atoms with van der Waals surface area (Å²) in [6, 6.07) is 1.90. The summed E-state index contributed by atoms with van der Waals surface area (Å²) >= 11 is 0. The molecule has 0 spiro atoms. The van der Waals surface area contributed by atoms with Gasteiger partial charge in [0.2, 0.25) is 10.0 Å². The summed E-state index contributed by atoms with van der Waals surface area (Å²) in [5.74, 6) is -0.142. The van der Waals surface area contributed by atoms with Crippen LogP contribution in [-0.2, 0) is 16.2 Å². The van der Waals surface area contributed by atoms with Gasteiger partial charge in [-0.15, -0.1) is 0 Å². The molecule has 118 valence electrons. The van der Waals surface area contributed by atoms with Crippen LogP contribution in [0.15, 0.2) is 18.3 Å².